The third kappa shape index (κ3) is 5.16. The summed E-state index contributed by atoms with van der Waals surface area (Å²) in [6.45, 7) is 0.199. The average molecular weight is 358 g/mol. The molecular weight excluding hydrogens is 341 g/mol. The van der Waals surface area contributed by atoms with Gasteiger partial charge in [0.2, 0.25) is 0 Å². The molecule has 0 atom stereocenters. The van der Waals surface area contributed by atoms with E-state index in [0.717, 1.165) is 10.9 Å². The maximum absolute atomic E-state index is 13.1. The van der Waals surface area contributed by atoms with Gasteiger partial charge in [-0.15, -0.1) is 11.3 Å². The van der Waals surface area contributed by atoms with Gasteiger partial charge < -0.3 is 15.4 Å². The molecule has 2 rings (SSSR count). The molecule has 2 aromatic rings. The average Bonchev–Trinajstić information content (AvgIpc) is 3.05. The molecule has 1 heterocycles. The van der Waals surface area contributed by atoms with Gasteiger partial charge in [-0.1, -0.05) is 12.1 Å². The number of carbonyl (C=O) groups excluding carboxylic acids is 1. The number of ether oxygens (including phenoxy) is 1. The quantitative estimate of drug-likeness (QED) is 0.825. The molecule has 4 nitrogen and oxygen atoms in total. The molecule has 1 aromatic carbocycles. The van der Waals surface area contributed by atoms with E-state index >= 15 is 0 Å². The lowest BCUT2D eigenvalue weighted by molar-refractivity contribution is -0.138. The second-order valence-corrected chi connectivity index (χ2v) is 5.99. The van der Waals surface area contributed by atoms with Crippen LogP contribution in [0.15, 0.2) is 35.7 Å². The first kappa shape index (κ1) is 18.1. The van der Waals surface area contributed by atoms with Crippen LogP contribution in [-0.2, 0) is 19.1 Å². The van der Waals surface area contributed by atoms with Gasteiger partial charge >= 0.3 is 12.2 Å². The molecule has 0 saturated heterocycles. The van der Waals surface area contributed by atoms with E-state index in [4.69, 9.17) is 4.74 Å². The number of benzene rings is 1. The number of methoxy groups -OCH3 is 1. The van der Waals surface area contributed by atoms with Crippen molar-refractivity contribution in [2.45, 2.75) is 19.1 Å². The van der Waals surface area contributed by atoms with Crippen LogP contribution in [0.1, 0.15) is 16.0 Å². The molecule has 0 radical (unpaired) electrons. The molecule has 130 valence electrons. The number of thiophene rings is 1. The Hall–Kier alpha value is -2.22. The fourth-order valence-corrected chi connectivity index (χ4v) is 2.80. The molecule has 2 amide bonds. The fourth-order valence-electron chi connectivity index (χ4n) is 2.09. The number of alkyl halides is 3. The number of hydrogen-bond donors (Lipinski definition) is 2. The highest BCUT2D eigenvalue weighted by Crippen LogP contribution is 2.34. The number of halogens is 3. The second kappa shape index (κ2) is 8.05. The van der Waals surface area contributed by atoms with Crippen molar-refractivity contribution in [3.05, 3.63) is 51.7 Å². The van der Waals surface area contributed by atoms with Gasteiger partial charge in [-0.25, -0.2) is 4.79 Å². The highest BCUT2D eigenvalue weighted by molar-refractivity contribution is 7.09. The molecule has 0 aliphatic carbocycles. The first-order valence-corrected chi connectivity index (χ1v) is 8.06. The van der Waals surface area contributed by atoms with Gasteiger partial charge in [-0.3, -0.25) is 0 Å². The Kier molecular flexibility index (Phi) is 6.08. The minimum Gasteiger partial charge on any atom is -0.497 e. The summed E-state index contributed by atoms with van der Waals surface area (Å²) in [5.74, 6) is 0.117. The topological polar surface area (TPSA) is 50.4 Å². The van der Waals surface area contributed by atoms with Crippen molar-refractivity contribution >= 4 is 17.4 Å². The second-order valence-electron chi connectivity index (χ2n) is 4.96. The predicted octanol–water partition coefficient (Wildman–Crippen LogP) is 3.82. The van der Waals surface area contributed by atoms with E-state index in [1.165, 1.54) is 19.2 Å². The van der Waals surface area contributed by atoms with E-state index < -0.39 is 17.8 Å². The van der Waals surface area contributed by atoms with Gasteiger partial charge in [0.25, 0.3) is 0 Å². The highest BCUT2D eigenvalue weighted by atomic mass is 32.1. The van der Waals surface area contributed by atoms with Gasteiger partial charge in [0.1, 0.15) is 5.75 Å². The normalized spacial score (nSPS) is 11.2. The van der Waals surface area contributed by atoms with E-state index in [2.05, 4.69) is 10.6 Å². The molecule has 1 aromatic heterocycles. The minimum absolute atomic E-state index is 0.0169. The summed E-state index contributed by atoms with van der Waals surface area (Å²) in [6.07, 6.45) is -3.83. The summed E-state index contributed by atoms with van der Waals surface area (Å²) >= 11 is 1.58. The van der Waals surface area contributed by atoms with Gasteiger partial charge in [-0.2, -0.15) is 13.2 Å². The molecule has 0 fully saturated rings. The first-order chi connectivity index (χ1) is 11.4. The van der Waals surface area contributed by atoms with Crippen LogP contribution in [0.4, 0.5) is 18.0 Å². The zero-order valence-electron chi connectivity index (χ0n) is 12.9. The van der Waals surface area contributed by atoms with E-state index in [-0.39, 0.29) is 17.9 Å². The molecule has 0 unspecified atom stereocenters. The molecule has 8 heteroatoms. The number of nitrogens with one attached hydrogen (secondary N) is 2. The van der Waals surface area contributed by atoms with Gasteiger partial charge in [-0.05, 0) is 35.6 Å². The van der Waals surface area contributed by atoms with Crippen LogP contribution in [0.2, 0.25) is 0 Å². The number of carbonyl (C=O) groups is 1. The minimum atomic E-state index is -4.51. The molecule has 0 spiro atoms. The summed E-state index contributed by atoms with van der Waals surface area (Å²) < 4.78 is 44.0. The lowest BCUT2D eigenvalue weighted by atomic mass is 10.1. The molecular formula is C16H17F3N2O2S. The summed E-state index contributed by atoms with van der Waals surface area (Å²) in [5, 5.41) is 7.01. The van der Waals surface area contributed by atoms with Crippen LogP contribution in [0, 0.1) is 0 Å². The Morgan fingerprint density at radius 2 is 2.04 bits per heavy atom. The van der Waals surface area contributed by atoms with Gasteiger partial charge in [0.15, 0.2) is 0 Å². The number of amides is 2. The highest BCUT2D eigenvalue weighted by Gasteiger charge is 2.33. The summed E-state index contributed by atoms with van der Waals surface area (Å²) in [7, 11) is 1.30. The maximum Gasteiger partial charge on any atom is 0.416 e. The van der Waals surface area contributed by atoms with Crippen LogP contribution in [-0.4, -0.2) is 19.7 Å². The molecule has 0 aliphatic rings. The van der Waals surface area contributed by atoms with E-state index in [0.29, 0.717) is 13.0 Å². The smallest absolute Gasteiger partial charge is 0.416 e. The van der Waals surface area contributed by atoms with E-state index in [9.17, 15) is 18.0 Å². The fraction of sp³-hybridized carbons (Fsp3) is 0.312. The molecule has 2 N–H and O–H groups in total. The Morgan fingerprint density at radius 3 is 2.67 bits per heavy atom. The Labute approximate surface area is 141 Å². The zero-order valence-corrected chi connectivity index (χ0v) is 13.8. The van der Waals surface area contributed by atoms with Gasteiger partial charge in [0.05, 0.1) is 12.7 Å². The zero-order chi connectivity index (χ0) is 17.6. The molecule has 0 saturated carbocycles. The van der Waals surface area contributed by atoms with Crippen molar-refractivity contribution < 1.29 is 22.7 Å². The van der Waals surface area contributed by atoms with Crippen molar-refractivity contribution in [2.75, 3.05) is 13.7 Å². The maximum atomic E-state index is 13.1. The van der Waals surface area contributed by atoms with Crippen molar-refractivity contribution in [3.8, 4) is 5.75 Å². The van der Waals surface area contributed by atoms with Crippen LogP contribution in [0.25, 0.3) is 0 Å². The number of rotatable bonds is 6. The van der Waals surface area contributed by atoms with Crippen LogP contribution in [0.3, 0.4) is 0 Å². The number of hydrogen-bond acceptors (Lipinski definition) is 3. The summed E-state index contributed by atoms with van der Waals surface area (Å²) in [6, 6.07) is 7.02. The largest absolute Gasteiger partial charge is 0.497 e. The van der Waals surface area contributed by atoms with E-state index in [1.54, 1.807) is 11.3 Å². The van der Waals surface area contributed by atoms with Crippen molar-refractivity contribution in [2.24, 2.45) is 0 Å². The lowest BCUT2D eigenvalue weighted by Gasteiger charge is -2.15. The van der Waals surface area contributed by atoms with Crippen LogP contribution in [0.5, 0.6) is 5.75 Å². The number of urea groups is 1. The Morgan fingerprint density at radius 1 is 1.25 bits per heavy atom. The summed E-state index contributed by atoms with van der Waals surface area (Å²) in [4.78, 5) is 12.8. The van der Waals surface area contributed by atoms with Gasteiger partial charge in [0, 0.05) is 18.0 Å². The SMILES string of the molecule is COc1ccc(CNC(=O)NCCc2cccs2)c(C(F)(F)F)c1. The Balaban J connectivity index is 1.89. The molecule has 24 heavy (non-hydrogen) atoms. The molecule has 0 aliphatic heterocycles. The van der Waals surface area contributed by atoms with E-state index in [1.807, 2.05) is 17.5 Å². The predicted molar refractivity (Wildman–Crippen MR) is 86.3 cm³/mol. The first-order valence-electron chi connectivity index (χ1n) is 7.18. The van der Waals surface area contributed by atoms with Crippen LogP contribution < -0.4 is 15.4 Å². The third-order valence-corrected chi connectivity index (χ3v) is 4.24. The van der Waals surface area contributed by atoms with Crippen molar-refractivity contribution in [3.63, 3.8) is 0 Å². The van der Waals surface area contributed by atoms with Crippen molar-refractivity contribution in [1.82, 2.24) is 10.6 Å². The monoisotopic (exact) mass is 358 g/mol. The molecule has 0 bridgehead atoms. The summed E-state index contributed by atoms with van der Waals surface area (Å²) in [5.41, 5.74) is -0.836. The van der Waals surface area contributed by atoms with Crippen LogP contribution >= 0.6 is 11.3 Å². The third-order valence-electron chi connectivity index (χ3n) is 3.30. The Bertz CT molecular complexity index is 672. The van der Waals surface area contributed by atoms with Crippen molar-refractivity contribution in [1.29, 1.82) is 0 Å². The lowest BCUT2D eigenvalue weighted by Crippen LogP contribution is -2.36. The standard InChI is InChI=1S/C16H17F3N2O2S/c1-23-12-5-4-11(14(9-12)16(17,18)19)10-21-15(22)20-7-6-13-3-2-8-24-13/h2-5,8-9H,6-7,10H2,1H3,(H2,20,21,22).